The van der Waals surface area contributed by atoms with E-state index in [0.717, 1.165) is 29.7 Å². The van der Waals surface area contributed by atoms with Gasteiger partial charge in [0.05, 0.1) is 0 Å². The van der Waals surface area contributed by atoms with Gasteiger partial charge in [0.2, 0.25) is 5.91 Å². The third kappa shape index (κ3) is 3.30. The second kappa shape index (κ2) is 6.55. The van der Waals surface area contributed by atoms with Gasteiger partial charge in [0.25, 0.3) is 0 Å². The fourth-order valence-electron chi connectivity index (χ4n) is 3.13. The van der Waals surface area contributed by atoms with E-state index in [-0.39, 0.29) is 11.8 Å². The molecule has 2 aromatic rings. The van der Waals surface area contributed by atoms with E-state index in [1.807, 2.05) is 61.2 Å². The van der Waals surface area contributed by atoms with E-state index in [0.29, 0.717) is 6.54 Å². The van der Waals surface area contributed by atoms with Crippen LogP contribution in [0.4, 0.5) is 0 Å². The topological polar surface area (TPSA) is 40.5 Å². The zero-order valence-corrected chi connectivity index (χ0v) is 13.7. The van der Waals surface area contributed by atoms with Crippen molar-refractivity contribution in [2.24, 2.45) is 5.92 Å². The number of hydrogen-bond donors (Lipinski definition) is 1. The third-order valence-electron chi connectivity index (χ3n) is 4.48. The molecule has 1 N–H and O–H groups in total. The molecule has 0 saturated heterocycles. The molecule has 0 fully saturated rings. The normalized spacial score (nSPS) is 15.4. The van der Waals surface area contributed by atoms with Gasteiger partial charge in [-0.15, -0.1) is 0 Å². The lowest BCUT2D eigenvalue weighted by molar-refractivity contribution is -0.135. The molecule has 1 unspecified atom stereocenters. The largest absolute Gasteiger partial charge is 0.384 e. The van der Waals surface area contributed by atoms with Crippen LogP contribution in [0.15, 0.2) is 48.5 Å². The molecule has 23 heavy (non-hydrogen) atoms. The van der Waals surface area contributed by atoms with Crippen molar-refractivity contribution in [1.29, 1.82) is 0 Å². The lowest BCUT2D eigenvalue weighted by atomic mass is 9.93. The van der Waals surface area contributed by atoms with Gasteiger partial charge in [-0.2, -0.15) is 0 Å². The van der Waals surface area contributed by atoms with Crippen LogP contribution in [-0.4, -0.2) is 22.5 Å². The molecule has 2 aromatic carbocycles. The molecule has 3 heteroatoms. The van der Waals surface area contributed by atoms with Gasteiger partial charge in [-0.3, -0.25) is 4.79 Å². The van der Waals surface area contributed by atoms with E-state index < -0.39 is 6.10 Å². The van der Waals surface area contributed by atoms with Crippen LogP contribution < -0.4 is 0 Å². The average molecular weight is 309 g/mol. The number of carbonyl (C=O) groups excluding carboxylic acids is 1. The minimum absolute atomic E-state index is 0.0228. The molecular formula is C20H23NO2. The Morgan fingerprint density at radius 2 is 1.78 bits per heavy atom. The molecule has 1 aliphatic heterocycles. The summed E-state index contributed by atoms with van der Waals surface area (Å²) in [5.74, 6) is 0.222. The third-order valence-corrected chi connectivity index (χ3v) is 4.48. The lowest BCUT2D eigenvalue weighted by Gasteiger charge is -2.31. The quantitative estimate of drug-likeness (QED) is 0.945. The maximum atomic E-state index is 12.2. The van der Waals surface area contributed by atoms with Gasteiger partial charge in [-0.25, -0.2) is 0 Å². The number of aliphatic hydroxyl groups is 1. The summed E-state index contributed by atoms with van der Waals surface area (Å²) in [7, 11) is 0. The second-order valence-electron chi connectivity index (χ2n) is 6.51. The van der Waals surface area contributed by atoms with Crippen molar-refractivity contribution in [2.45, 2.75) is 32.9 Å². The maximum absolute atomic E-state index is 12.2. The van der Waals surface area contributed by atoms with E-state index in [2.05, 4.69) is 6.07 Å². The van der Waals surface area contributed by atoms with Crippen molar-refractivity contribution in [3.8, 4) is 0 Å². The summed E-state index contributed by atoms with van der Waals surface area (Å²) < 4.78 is 0. The first-order valence-electron chi connectivity index (χ1n) is 8.19. The first-order chi connectivity index (χ1) is 11.1. The van der Waals surface area contributed by atoms with Crippen LogP contribution in [0.1, 0.15) is 42.2 Å². The Morgan fingerprint density at radius 3 is 2.48 bits per heavy atom. The van der Waals surface area contributed by atoms with Crippen molar-refractivity contribution < 1.29 is 9.90 Å². The second-order valence-corrected chi connectivity index (χ2v) is 6.51. The molecule has 120 valence electrons. The number of carbonyl (C=O) groups is 1. The van der Waals surface area contributed by atoms with Crippen molar-refractivity contribution in [3.63, 3.8) is 0 Å². The van der Waals surface area contributed by atoms with Gasteiger partial charge >= 0.3 is 0 Å². The summed E-state index contributed by atoms with van der Waals surface area (Å²) in [6, 6.07) is 15.8. The van der Waals surface area contributed by atoms with Gasteiger partial charge in [-0.05, 0) is 28.7 Å². The highest BCUT2D eigenvalue weighted by atomic mass is 16.3. The van der Waals surface area contributed by atoms with Crippen LogP contribution in [0.25, 0.3) is 0 Å². The van der Waals surface area contributed by atoms with Crippen LogP contribution in [0.3, 0.4) is 0 Å². The number of amides is 1. The predicted molar refractivity (Wildman–Crippen MR) is 90.9 cm³/mol. The molecule has 1 atom stereocenters. The van der Waals surface area contributed by atoms with Gasteiger partial charge < -0.3 is 10.0 Å². The van der Waals surface area contributed by atoms with Crippen molar-refractivity contribution in [2.75, 3.05) is 6.54 Å². The van der Waals surface area contributed by atoms with E-state index in [9.17, 15) is 9.90 Å². The summed E-state index contributed by atoms with van der Waals surface area (Å²) in [6.07, 6.45) is 0.257. The number of hydrogen-bond acceptors (Lipinski definition) is 2. The fourth-order valence-corrected chi connectivity index (χ4v) is 3.13. The summed E-state index contributed by atoms with van der Waals surface area (Å²) >= 11 is 0. The zero-order chi connectivity index (χ0) is 16.4. The first kappa shape index (κ1) is 15.8. The SMILES string of the molecule is CC(C)C(=O)N1CCc2ccc(C(O)c3ccccc3)cc2C1. The highest BCUT2D eigenvalue weighted by Gasteiger charge is 2.23. The summed E-state index contributed by atoms with van der Waals surface area (Å²) in [6.45, 7) is 5.30. The van der Waals surface area contributed by atoms with Gasteiger partial charge in [0.15, 0.2) is 0 Å². The molecule has 3 nitrogen and oxygen atoms in total. The minimum atomic E-state index is -0.627. The molecule has 0 aromatic heterocycles. The highest BCUT2D eigenvalue weighted by Crippen LogP contribution is 2.27. The Hall–Kier alpha value is -2.13. The smallest absolute Gasteiger partial charge is 0.225 e. The predicted octanol–water partition coefficient (Wildman–Crippen LogP) is 3.31. The lowest BCUT2D eigenvalue weighted by Crippen LogP contribution is -2.38. The van der Waals surface area contributed by atoms with Crippen molar-refractivity contribution in [1.82, 2.24) is 4.90 Å². The highest BCUT2D eigenvalue weighted by molar-refractivity contribution is 5.78. The molecule has 0 spiro atoms. The molecule has 1 heterocycles. The molecular weight excluding hydrogens is 286 g/mol. The molecule has 0 bridgehead atoms. The Kier molecular flexibility index (Phi) is 4.49. The number of nitrogens with zero attached hydrogens (tertiary/aromatic N) is 1. The minimum Gasteiger partial charge on any atom is -0.384 e. The zero-order valence-electron chi connectivity index (χ0n) is 13.7. The standard InChI is InChI=1S/C20H23NO2/c1-14(2)20(23)21-11-10-15-8-9-17(12-18(15)13-21)19(22)16-6-4-3-5-7-16/h3-9,12,14,19,22H,10-11,13H2,1-2H3. The van der Waals surface area contributed by atoms with Crippen LogP contribution >= 0.6 is 0 Å². The summed E-state index contributed by atoms with van der Waals surface area (Å²) in [5, 5.41) is 10.6. The Bertz CT molecular complexity index is 694. The number of aliphatic hydroxyl groups excluding tert-OH is 1. The van der Waals surface area contributed by atoms with E-state index in [4.69, 9.17) is 0 Å². The Labute approximate surface area is 137 Å². The van der Waals surface area contributed by atoms with Gasteiger partial charge in [0, 0.05) is 19.0 Å². The fraction of sp³-hybridized carbons (Fsp3) is 0.350. The Morgan fingerprint density at radius 1 is 1.04 bits per heavy atom. The van der Waals surface area contributed by atoms with Crippen LogP contribution in [0, 0.1) is 5.92 Å². The van der Waals surface area contributed by atoms with Crippen molar-refractivity contribution >= 4 is 5.91 Å². The van der Waals surface area contributed by atoms with Gasteiger partial charge in [0.1, 0.15) is 6.10 Å². The molecule has 1 amide bonds. The number of rotatable bonds is 3. The number of fused-ring (bicyclic) bond motifs is 1. The van der Waals surface area contributed by atoms with Crippen LogP contribution in [-0.2, 0) is 17.8 Å². The average Bonchev–Trinajstić information content (AvgIpc) is 2.60. The number of benzene rings is 2. The van der Waals surface area contributed by atoms with E-state index >= 15 is 0 Å². The first-order valence-corrected chi connectivity index (χ1v) is 8.19. The molecule has 0 radical (unpaired) electrons. The molecule has 0 saturated carbocycles. The molecule has 1 aliphatic rings. The molecule has 3 rings (SSSR count). The van der Waals surface area contributed by atoms with Gasteiger partial charge in [-0.1, -0.05) is 62.4 Å². The monoisotopic (exact) mass is 309 g/mol. The maximum Gasteiger partial charge on any atom is 0.225 e. The summed E-state index contributed by atoms with van der Waals surface area (Å²) in [5.41, 5.74) is 4.20. The van der Waals surface area contributed by atoms with Crippen LogP contribution in [0.5, 0.6) is 0 Å². The summed E-state index contributed by atoms with van der Waals surface area (Å²) in [4.78, 5) is 14.1. The Balaban J connectivity index is 1.85. The molecule has 0 aliphatic carbocycles. The van der Waals surface area contributed by atoms with Crippen molar-refractivity contribution in [3.05, 3.63) is 70.8 Å². The van der Waals surface area contributed by atoms with Crippen LogP contribution in [0.2, 0.25) is 0 Å². The van der Waals surface area contributed by atoms with E-state index in [1.54, 1.807) is 0 Å². The van der Waals surface area contributed by atoms with E-state index in [1.165, 1.54) is 5.56 Å².